The Morgan fingerprint density at radius 2 is 1.17 bits per heavy atom. The summed E-state index contributed by atoms with van der Waals surface area (Å²) in [4.78, 5) is 0. The van der Waals surface area contributed by atoms with Gasteiger partial charge in [-0.05, 0) is 40.3 Å². The molecule has 0 atom stereocenters. The van der Waals surface area contributed by atoms with Crippen LogP contribution in [0.15, 0.2) is 115 Å². The summed E-state index contributed by atoms with van der Waals surface area (Å²) >= 11 is 0. The van der Waals surface area contributed by atoms with Crippen LogP contribution in [0.25, 0.3) is 11.1 Å². The molecular formula is C30H34. The molecule has 0 heterocycles. The van der Waals surface area contributed by atoms with E-state index in [0.717, 1.165) is 0 Å². The molecule has 30 heavy (non-hydrogen) atoms. The molecule has 0 saturated carbocycles. The van der Waals surface area contributed by atoms with E-state index >= 15 is 0 Å². The van der Waals surface area contributed by atoms with Gasteiger partial charge in [0.05, 0.1) is 5.41 Å². The van der Waals surface area contributed by atoms with Crippen molar-refractivity contribution in [3.63, 3.8) is 0 Å². The van der Waals surface area contributed by atoms with Crippen molar-refractivity contribution in [2.24, 2.45) is 0 Å². The Kier molecular flexibility index (Phi) is 8.62. The molecule has 0 bridgehead atoms. The van der Waals surface area contributed by atoms with Gasteiger partial charge in [-0.25, -0.2) is 0 Å². The van der Waals surface area contributed by atoms with Crippen LogP contribution < -0.4 is 0 Å². The highest BCUT2D eigenvalue weighted by atomic mass is 14.5. The Bertz CT molecular complexity index is 957. The maximum atomic E-state index is 3.98. The standard InChI is InChI=1S/C26H22.2C2H6/c1-3-12-20(13-4-2)26(21-14-6-5-7-15-21)24-18-10-8-16-22(24)23-17-9-11-19-25(23)26;2*1-2/h3-19H,1H2,2H3;2*1-2H3/b13-4-,20-12+;;. The maximum absolute atomic E-state index is 3.98. The molecule has 0 nitrogen and oxygen atoms in total. The van der Waals surface area contributed by atoms with E-state index in [4.69, 9.17) is 0 Å². The molecule has 1 aliphatic rings. The average molecular weight is 395 g/mol. The van der Waals surface area contributed by atoms with Crippen molar-refractivity contribution in [3.05, 3.63) is 132 Å². The van der Waals surface area contributed by atoms with Gasteiger partial charge in [-0.15, -0.1) is 0 Å². The fourth-order valence-electron chi connectivity index (χ4n) is 4.32. The summed E-state index contributed by atoms with van der Waals surface area (Å²) in [6, 6.07) is 28.4. The fourth-order valence-corrected chi connectivity index (χ4v) is 4.32. The first-order valence-electron chi connectivity index (χ1n) is 11.0. The summed E-state index contributed by atoms with van der Waals surface area (Å²) in [5.74, 6) is 0. The topological polar surface area (TPSA) is 0 Å². The van der Waals surface area contributed by atoms with Crippen LogP contribution in [0.3, 0.4) is 0 Å². The lowest BCUT2D eigenvalue weighted by molar-refractivity contribution is 0.767. The van der Waals surface area contributed by atoms with E-state index < -0.39 is 0 Å². The number of allylic oxidation sites excluding steroid dienone is 5. The molecule has 3 aromatic carbocycles. The van der Waals surface area contributed by atoms with Crippen molar-refractivity contribution in [1.29, 1.82) is 0 Å². The summed E-state index contributed by atoms with van der Waals surface area (Å²) < 4.78 is 0. The lowest BCUT2D eigenvalue weighted by Gasteiger charge is -2.34. The summed E-state index contributed by atoms with van der Waals surface area (Å²) in [7, 11) is 0. The number of benzene rings is 3. The normalized spacial score (nSPS) is 13.3. The number of hydrogen-bond donors (Lipinski definition) is 0. The number of rotatable bonds is 4. The van der Waals surface area contributed by atoms with Crippen LogP contribution >= 0.6 is 0 Å². The fraction of sp³-hybridized carbons (Fsp3) is 0.200. The molecule has 1 aliphatic carbocycles. The van der Waals surface area contributed by atoms with Gasteiger partial charge in [0.1, 0.15) is 0 Å². The number of hydrogen-bond acceptors (Lipinski definition) is 0. The van der Waals surface area contributed by atoms with Crippen LogP contribution in [0.2, 0.25) is 0 Å². The first-order valence-corrected chi connectivity index (χ1v) is 11.0. The van der Waals surface area contributed by atoms with Crippen molar-refractivity contribution in [1.82, 2.24) is 0 Å². The van der Waals surface area contributed by atoms with Crippen molar-refractivity contribution in [2.45, 2.75) is 40.0 Å². The van der Waals surface area contributed by atoms with Crippen molar-refractivity contribution in [2.75, 3.05) is 0 Å². The van der Waals surface area contributed by atoms with Gasteiger partial charge in [0.25, 0.3) is 0 Å². The Balaban J connectivity index is 0.000000757. The van der Waals surface area contributed by atoms with Gasteiger partial charge >= 0.3 is 0 Å². The molecule has 3 aromatic rings. The third-order valence-corrected chi connectivity index (χ3v) is 5.24. The van der Waals surface area contributed by atoms with Gasteiger partial charge in [0.2, 0.25) is 0 Å². The van der Waals surface area contributed by atoms with E-state index in [1.54, 1.807) is 0 Å². The Morgan fingerprint density at radius 3 is 1.63 bits per heavy atom. The molecule has 0 spiro atoms. The van der Waals surface area contributed by atoms with E-state index in [1.807, 2.05) is 33.8 Å². The monoisotopic (exact) mass is 394 g/mol. The van der Waals surface area contributed by atoms with Crippen LogP contribution in [0.4, 0.5) is 0 Å². The van der Waals surface area contributed by atoms with Gasteiger partial charge in [0.15, 0.2) is 0 Å². The van der Waals surface area contributed by atoms with Crippen LogP contribution in [0, 0.1) is 0 Å². The largest absolute Gasteiger partial charge is 0.0991 e. The molecule has 0 amide bonds. The van der Waals surface area contributed by atoms with E-state index in [1.165, 1.54) is 33.4 Å². The molecule has 0 fully saturated rings. The predicted octanol–water partition coefficient (Wildman–Crippen LogP) is 8.74. The maximum Gasteiger partial charge on any atom is 0.0713 e. The Morgan fingerprint density at radius 1 is 0.700 bits per heavy atom. The van der Waals surface area contributed by atoms with Gasteiger partial charge in [-0.2, -0.15) is 0 Å². The van der Waals surface area contributed by atoms with E-state index in [2.05, 4.69) is 111 Å². The van der Waals surface area contributed by atoms with Crippen molar-refractivity contribution >= 4 is 0 Å². The minimum absolute atomic E-state index is 0.324. The van der Waals surface area contributed by atoms with E-state index in [9.17, 15) is 0 Å². The van der Waals surface area contributed by atoms with Crippen LogP contribution in [0.1, 0.15) is 51.3 Å². The predicted molar refractivity (Wildman–Crippen MR) is 134 cm³/mol. The molecule has 4 rings (SSSR count). The highest BCUT2D eigenvalue weighted by Crippen LogP contribution is 2.56. The lowest BCUT2D eigenvalue weighted by Crippen LogP contribution is -2.29. The second-order valence-corrected chi connectivity index (χ2v) is 6.56. The highest BCUT2D eigenvalue weighted by molar-refractivity contribution is 5.86. The van der Waals surface area contributed by atoms with E-state index in [0.29, 0.717) is 0 Å². The third kappa shape index (κ3) is 3.83. The highest BCUT2D eigenvalue weighted by Gasteiger charge is 2.46. The second-order valence-electron chi connectivity index (χ2n) is 6.56. The van der Waals surface area contributed by atoms with Gasteiger partial charge < -0.3 is 0 Å². The first-order chi connectivity index (χ1) is 14.8. The minimum atomic E-state index is -0.324. The molecule has 0 saturated heterocycles. The van der Waals surface area contributed by atoms with Gasteiger partial charge in [-0.1, -0.05) is 137 Å². The summed E-state index contributed by atoms with van der Waals surface area (Å²) in [5, 5.41) is 0. The zero-order chi connectivity index (χ0) is 22.0. The Hall–Kier alpha value is -3.12. The zero-order valence-corrected chi connectivity index (χ0v) is 19.0. The first kappa shape index (κ1) is 23.2. The Labute approximate surface area is 183 Å². The third-order valence-electron chi connectivity index (χ3n) is 5.24. The second kappa shape index (κ2) is 11.2. The molecule has 0 aromatic heterocycles. The summed E-state index contributed by atoms with van der Waals surface area (Å²) in [6.45, 7) is 14.1. The SMILES string of the molecule is C=C/C=C(\C=C/C)C1(c2ccccc2)c2ccccc2-c2ccccc21.CC.CC. The van der Waals surface area contributed by atoms with Crippen molar-refractivity contribution < 1.29 is 0 Å². The molecule has 0 unspecified atom stereocenters. The van der Waals surface area contributed by atoms with Gasteiger partial charge in [0, 0.05) is 0 Å². The van der Waals surface area contributed by atoms with Crippen LogP contribution in [0.5, 0.6) is 0 Å². The van der Waals surface area contributed by atoms with E-state index in [-0.39, 0.29) is 5.41 Å². The molecule has 0 radical (unpaired) electrons. The molecule has 0 heteroatoms. The summed E-state index contributed by atoms with van der Waals surface area (Å²) in [5.41, 5.74) is 7.48. The van der Waals surface area contributed by atoms with Crippen molar-refractivity contribution in [3.8, 4) is 11.1 Å². The zero-order valence-electron chi connectivity index (χ0n) is 19.0. The summed E-state index contributed by atoms with van der Waals surface area (Å²) in [6.07, 6.45) is 8.37. The molecule has 0 aliphatic heterocycles. The molecule has 154 valence electrons. The van der Waals surface area contributed by atoms with Crippen LogP contribution in [-0.4, -0.2) is 0 Å². The number of fused-ring (bicyclic) bond motifs is 3. The lowest BCUT2D eigenvalue weighted by atomic mass is 9.67. The molecule has 0 N–H and O–H groups in total. The van der Waals surface area contributed by atoms with Crippen LogP contribution in [-0.2, 0) is 5.41 Å². The quantitative estimate of drug-likeness (QED) is 0.388. The smallest absolute Gasteiger partial charge is 0.0713 e. The van der Waals surface area contributed by atoms with Gasteiger partial charge in [-0.3, -0.25) is 0 Å². The molecular weight excluding hydrogens is 360 g/mol. The minimum Gasteiger partial charge on any atom is -0.0991 e. The average Bonchev–Trinajstić information content (AvgIpc) is 3.13.